The van der Waals surface area contributed by atoms with E-state index in [1.165, 1.54) is 0 Å². The van der Waals surface area contributed by atoms with Crippen molar-refractivity contribution in [3.8, 4) is 0 Å². The van der Waals surface area contributed by atoms with Crippen LogP contribution >= 0.6 is 0 Å². The predicted octanol–water partition coefficient (Wildman–Crippen LogP) is 2.80. The van der Waals surface area contributed by atoms with Crippen molar-refractivity contribution in [1.82, 2.24) is 4.98 Å². The normalized spacial score (nSPS) is 24.9. The van der Waals surface area contributed by atoms with E-state index in [0.29, 0.717) is 5.92 Å². The number of hydrogen-bond donors (Lipinski definition) is 1. The third-order valence-electron chi connectivity index (χ3n) is 4.47. The zero-order valence-electron chi connectivity index (χ0n) is 9.86. The van der Waals surface area contributed by atoms with E-state index in [0.717, 1.165) is 5.56 Å². The van der Waals surface area contributed by atoms with Crippen LogP contribution in [0, 0.1) is 16.7 Å². The molecule has 1 aliphatic carbocycles. The number of hydrogen-bond acceptors (Lipinski definition) is 2. The van der Waals surface area contributed by atoms with Crippen molar-refractivity contribution in [3.63, 3.8) is 0 Å². The Morgan fingerprint density at radius 2 is 1.87 bits per heavy atom. The van der Waals surface area contributed by atoms with Crippen LogP contribution in [0.3, 0.4) is 0 Å². The van der Waals surface area contributed by atoms with Gasteiger partial charge in [0.25, 0.3) is 0 Å². The maximum Gasteiger partial charge on any atom is 0.0843 e. The molecule has 1 saturated carbocycles. The van der Waals surface area contributed by atoms with Crippen LogP contribution in [0.2, 0.25) is 0 Å². The average molecular weight is 205 g/mol. The summed E-state index contributed by atoms with van der Waals surface area (Å²) in [4.78, 5) is 4.05. The lowest BCUT2D eigenvalue weighted by Gasteiger charge is -2.12. The third-order valence-corrected chi connectivity index (χ3v) is 4.47. The molecule has 1 aliphatic rings. The second-order valence-corrected chi connectivity index (χ2v) is 5.65. The molecule has 1 aromatic rings. The zero-order valence-corrected chi connectivity index (χ0v) is 9.86. The molecule has 1 heterocycles. The second kappa shape index (κ2) is 3.05. The van der Waals surface area contributed by atoms with Crippen LogP contribution in [-0.2, 0) is 0 Å². The molecule has 0 radical (unpaired) electrons. The molecule has 2 rings (SSSR count). The summed E-state index contributed by atoms with van der Waals surface area (Å²) in [6.07, 6.45) is 3.11. The topological polar surface area (TPSA) is 33.1 Å². The summed E-state index contributed by atoms with van der Waals surface area (Å²) in [5.41, 5.74) is 1.35. The molecule has 82 valence electrons. The SMILES string of the molecule is CC1(C)C(C(O)c2cccnc2)C1(C)C. The van der Waals surface area contributed by atoms with Crippen molar-refractivity contribution in [2.24, 2.45) is 16.7 Å². The lowest BCUT2D eigenvalue weighted by molar-refractivity contribution is 0.130. The van der Waals surface area contributed by atoms with Gasteiger partial charge in [-0.15, -0.1) is 0 Å². The van der Waals surface area contributed by atoms with E-state index in [1.807, 2.05) is 12.1 Å². The Balaban J connectivity index is 2.22. The number of aliphatic hydroxyl groups is 1. The van der Waals surface area contributed by atoms with E-state index in [2.05, 4.69) is 32.7 Å². The van der Waals surface area contributed by atoms with Crippen LogP contribution in [-0.4, -0.2) is 10.1 Å². The molecule has 0 spiro atoms. The lowest BCUT2D eigenvalue weighted by atomic mass is 10.0. The molecule has 2 nitrogen and oxygen atoms in total. The molecule has 0 aliphatic heterocycles. The van der Waals surface area contributed by atoms with E-state index >= 15 is 0 Å². The van der Waals surface area contributed by atoms with Gasteiger partial charge in [-0.1, -0.05) is 33.8 Å². The molecular weight excluding hydrogens is 186 g/mol. The van der Waals surface area contributed by atoms with E-state index < -0.39 is 0 Å². The van der Waals surface area contributed by atoms with Crippen molar-refractivity contribution < 1.29 is 5.11 Å². The van der Waals surface area contributed by atoms with Gasteiger partial charge in [-0.3, -0.25) is 4.98 Å². The maximum atomic E-state index is 10.3. The van der Waals surface area contributed by atoms with Gasteiger partial charge in [-0.25, -0.2) is 0 Å². The van der Waals surface area contributed by atoms with Crippen molar-refractivity contribution in [2.45, 2.75) is 33.8 Å². The lowest BCUT2D eigenvalue weighted by Crippen LogP contribution is -2.05. The largest absolute Gasteiger partial charge is 0.388 e. The van der Waals surface area contributed by atoms with Gasteiger partial charge in [0.2, 0.25) is 0 Å². The van der Waals surface area contributed by atoms with Crippen molar-refractivity contribution in [2.75, 3.05) is 0 Å². The standard InChI is InChI=1S/C13H19NO/c1-12(2)11(13(12,3)4)10(15)9-6-5-7-14-8-9/h5-8,10-11,15H,1-4H3. The first-order valence-corrected chi connectivity index (χ1v) is 5.47. The molecule has 1 unspecified atom stereocenters. The molecule has 1 fully saturated rings. The Morgan fingerprint density at radius 3 is 2.27 bits per heavy atom. The van der Waals surface area contributed by atoms with Crippen molar-refractivity contribution in [3.05, 3.63) is 30.1 Å². The summed E-state index contributed by atoms with van der Waals surface area (Å²) in [7, 11) is 0. The summed E-state index contributed by atoms with van der Waals surface area (Å²) >= 11 is 0. The number of pyridine rings is 1. The highest BCUT2D eigenvalue weighted by atomic mass is 16.3. The van der Waals surface area contributed by atoms with Gasteiger partial charge in [0, 0.05) is 18.3 Å². The third kappa shape index (κ3) is 1.39. The first-order valence-electron chi connectivity index (χ1n) is 5.47. The fourth-order valence-electron chi connectivity index (χ4n) is 2.78. The maximum absolute atomic E-state index is 10.3. The van der Waals surface area contributed by atoms with Crippen molar-refractivity contribution in [1.29, 1.82) is 0 Å². The highest BCUT2D eigenvalue weighted by molar-refractivity contribution is 5.23. The molecule has 1 N–H and O–H groups in total. The first-order chi connectivity index (χ1) is 6.89. The average Bonchev–Trinajstić information content (AvgIpc) is 2.58. The molecule has 15 heavy (non-hydrogen) atoms. The van der Waals surface area contributed by atoms with Crippen LogP contribution in [0.15, 0.2) is 24.5 Å². The number of aliphatic hydroxyl groups excluding tert-OH is 1. The molecule has 2 heteroatoms. The summed E-state index contributed by atoms with van der Waals surface area (Å²) in [6.45, 7) is 8.88. The second-order valence-electron chi connectivity index (χ2n) is 5.65. The van der Waals surface area contributed by atoms with E-state index in [9.17, 15) is 5.11 Å². The van der Waals surface area contributed by atoms with Crippen LogP contribution in [0.4, 0.5) is 0 Å². The summed E-state index contributed by atoms with van der Waals surface area (Å²) in [6, 6.07) is 3.82. The Morgan fingerprint density at radius 1 is 1.27 bits per heavy atom. The summed E-state index contributed by atoms with van der Waals surface area (Å²) < 4.78 is 0. The smallest absolute Gasteiger partial charge is 0.0843 e. The molecular formula is C13H19NO. The number of rotatable bonds is 2. The Bertz CT molecular complexity index is 342. The van der Waals surface area contributed by atoms with Gasteiger partial charge in [0.05, 0.1) is 6.10 Å². The predicted molar refractivity (Wildman–Crippen MR) is 60.2 cm³/mol. The molecule has 0 amide bonds. The minimum absolute atomic E-state index is 0.211. The van der Waals surface area contributed by atoms with Crippen LogP contribution < -0.4 is 0 Å². The van der Waals surface area contributed by atoms with E-state index in [1.54, 1.807) is 12.4 Å². The molecule has 1 atom stereocenters. The minimum Gasteiger partial charge on any atom is -0.388 e. The Hall–Kier alpha value is -0.890. The van der Waals surface area contributed by atoms with Gasteiger partial charge in [-0.05, 0) is 22.5 Å². The Kier molecular flexibility index (Phi) is 2.16. The number of aromatic nitrogens is 1. The fraction of sp³-hybridized carbons (Fsp3) is 0.615. The van der Waals surface area contributed by atoms with Gasteiger partial charge >= 0.3 is 0 Å². The van der Waals surface area contributed by atoms with Gasteiger partial charge in [-0.2, -0.15) is 0 Å². The quantitative estimate of drug-likeness (QED) is 0.805. The fourth-order valence-corrected chi connectivity index (χ4v) is 2.78. The van der Waals surface area contributed by atoms with Crippen molar-refractivity contribution >= 4 is 0 Å². The molecule has 0 aromatic carbocycles. The zero-order chi connectivity index (χ0) is 11.3. The van der Waals surface area contributed by atoms with Crippen LogP contribution in [0.1, 0.15) is 39.4 Å². The molecule has 0 saturated heterocycles. The van der Waals surface area contributed by atoms with Crippen LogP contribution in [0.25, 0.3) is 0 Å². The molecule has 1 aromatic heterocycles. The summed E-state index contributed by atoms with van der Waals surface area (Å²) in [5, 5.41) is 10.3. The first kappa shape index (κ1) is 10.6. The highest BCUT2D eigenvalue weighted by Crippen LogP contribution is 2.72. The molecule has 0 bridgehead atoms. The van der Waals surface area contributed by atoms with E-state index in [-0.39, 0.29) is 16.9 Å². The number of nitrogens with zero attached hydrogens (tertiary/aromatic N) is 1. The van der Waals surface area contributed by atoms with Crippen LogP contribution in [0.5, 0.6) is 0 Å². The van der Waals surface area contributed by atoms with Gasteiger partial charge in [0.15, 0.2) is 0 Å². The Labute approximate surface area is 91.4 Å². The minimum atomic E-state index is -0.385. The van der Waals surface area contributed by atoms with Gasteiger partial charge in [0.1, 0.15) is 0 Å². The highest BCUT2D eigenvalue weighted by Gasteiger charge is 2.67. The van der Waals surface area contributed by atoms with Gasteiger partial charge < -0.3 is 5.11 Å². The van der Waals surface area contributed by atoms with E-state index in [4.69, 9.17) is 0 Å². The summed E-state index contributed by atoms with van der Waals surface area (Å²) in [5.74, 6) is 0.328. The monoisotopic (exact) mass is 205 g/mol.